The zero-order valence-electron chi connectivity index (χ0n) is 10.1. The molecular formula is C11H21NO2S. The Kier molecular flexibility index (Phi) is 4.06. The fourth-order valence-electron chi connectivity index (χ4n) is 1.47. The number of carbonyl (C=O) groups is 1. The van der Waals surface area contributed by atoms with Crippen LogP contribution in [-0.2, 0) is 9.53 Å². The highest BCUT2D eigenvalue weighted by molar-refractivity contribution is 7.99. The van der Waals surface area contributed by atoms with Crippen LogP contribution < -0.4 is 5.32 Å². The summed E-state index contributed by atoms with van der Waals surface area (Å²) in [6, 6.07) is 0. The van der Waals surface area contributed by atoms with Crippen LogP contribution in [0, 0.1) is 5.41 Å². The van der Waals surface area contributed by atoms with E-state index in [4.69, 9.17) is 4.74 Å². The number of hydrogen-bond acceptors (Lipinski definition) is 3. The summed E-state index contributed by atoms with van der Waals surface area (Å²) in [5, 5.41) is 2.98. The number of amides is 1. The van der Waals surface area contributed by atoms with E-state index >= 15 is 0 Å². The molecule has 0 radical (unpaired) electrons. The van der Waals surface area contributed by atoms with Crippen LogP contribution in [0.2, 0.25) is 0 Å². The van der Waals surface area contributed by atoms with Crippen molar-refractivity contribution in [1.29, 1.82) is 0 Å². The molecule has 0 aromatic carbocycles. The Labute approximate surface area is 96.3 Å². The molecule has 1 fully saturated rings. The van der Waals surface area contributed by atoms with Gasteiger partial charge in [0.15, 0.2) is 0 Å². The van der Waals surface area contributed by atoms with Gasteiger partial charge in [-0.15, -0.1) is 0 Å². The molecule has 0 aromatic rings. The van der Waals surface area contributed by atoms with Crippen molar-refractivity contribution in [2.75, 3.05) is 25.2 Å². The maximum absolute atomic E-state index is 11.7. The van der Waals surface area contributed by atoms with Crippen LogP contribution in [-0.4, -0.2) is 36.7 Å². The molecule has 1 heterocycles. The SMILES string of the molecule is CO[C@@]1(CNC(=O)C(C)(C)C)CCSC1. The number of ether oxygens (including phenoxy) is 1. The third-order valence-electron chi connectivity index (χ3n) is 2.75. The van der Waals surface area contributed by atoms with Gasteiger partial charge in [0.25, 0.3) is 0 Å². The Morgan fingerprint density at radius 1 is 1.53 bits per heavy atom. The lowest BCUT2D eigenvalue weighted by Crippen LogP contribution is -2.47. The van der Waals surface area contributed by atoms with E-state index < -0.39 is 0 Å². The maximum Gasteiger partial charge on any atom is 0.225 e. The first-order valence-corrected chi connectivity index (χ1v) is 6.46. The van der Waals surface area contributed by atoms with Crippen molar-refractivity contribution in [1.82, 2.24) is 5.32 Å². The second-order valence-corrected chi connectivity index (χ2v) is 6.23. The second kappa shape index (κ2) is 4.74. The zero-order valence-corrected chi connectivity index (χ0v) is 10.9. The van der Waals surface area contributed by atoms with Gasteiger partial charge in [-0.25, -0.2) is 0 Å². The Hall–Kier alpha value is -0.220. The van der Waals surface area contributed by atoms with Gasteiger partial charge < -0.3 is 10.1 Å². The van der Waals surface area contributed by atoms with Gasteiger partial charge in [-0.1, -0.05) is 20.8 Å². The van der Waals surface area contributed by atoms with Gasteiger partial charge in [0, 0.05) is 24.8 Å². The number of rotatable bonds is 3. The molecule has 0 aromatic heterocycles. The van der Waals surface area contributed by atoms with Gasteiger partial charge in [-0.3, -0.25) is 4.79 Å². The van der Waals surface area contributed by atoms with Crippen molar-refractivity contribution >= 4 is 17.7 Å². The topological polar surface area (TPSA) is 38.3 Å². The van der Waals surface area contributed by atoms with E-state index in [0.717, 1.165) is 17.9 Å². The van der Waals surface area contributed by atoms with Gasteiger partial charge in [0.1, 0.15) is 0 Å². The summed E-state index contributed by atoms with van der Waals surface area (Å²) in [7, 11) is 1.73. The molecule has 1 aliphatic heterocycles. The van der Waals surface area contributed by atoms with Crippen LogP contribution in [0.1, 0.15) is 27.2 Å². The van der Waals surface area contributed by atoms with Crippen molar-refractivity contribution in [2.24, 2.45) is 5.41 Å². The minimum absolute atomic E-state index is 0.0934. The molecule has 0 saturated carbocycles. The fourth-order valence-corrected chi connectivity index (χ4v) is 2.86. The third-order valence-corrected chi connectivity index (χ3v) is 3.98. The standard InChI is InChI=1S/C11H21NO2S/c1-10(2,3)9(13)12-7-11(14-4)5-6-15-8-11/h5-8H2,1-4H3,(H,12,13)/t11-/m1/s1. The van der Waals surface area contributed by atoms with E-state index in [1.807, 2.05) is 32.5 Å². The van der Waals surface area contributed by atoms with Crippen molar-refractivity contribution in [3.63, 3.8) is 0 Å². The summed E-state index contributed by atoms with van der Waals surface area (Å²) in [4.78, 5) is 11.7. The molecule has 1 N–H and O–H groups in total. The first-order valence-electron chi connectivity index (χ1n) is 5.31. The largest absolute Gasteiger partial charge is 0.376 e. The predicted octanol–water partition coefficient (Wildman–Crippen LogP) is 1.67. The highest BCUT2D eigenvalue weighted by atomic mass is 32.2. The fraction of sp³-hybridized carbons (Fsp3) is 0.909. The summed E-state index contributed by atoms with van der Waals surface area (Å²) in [5.74, 6) is 2.20. The number of carbonyl (C=O) groups excluding carboxylic acids is 1. The average molecular weight is 231 g/mol. The summed E-state index contributed by atoms with van der Waals surface area (Å²) in [5.41, 5.74) is -0.452. The molecule has 15 heavy (non-hydrogen) atoms. The van der Waals surface area contributed by atoms with Gasteiger partial charge in [0.05, 0.1) is 5.60 Å². The van der Waals surface area contributed by atoms with Crippen molar-refractivity contribution < 1.29 is 9.53 Å². The maximum atomic E-state index is 11.7. The van der Waals surface area contributed by atoms with Crippen molar-refractivity contribution in [2.45, 2.75) is 32.8 Å². The molecule has 4 heteroatoms. The zero-order chi connectivity index (χ0) is 11.5. The first kappa shape index (κ1) is 12.8. The molecule has 1 atom stereocenters. The van der Waals surface area contributed by atoms with E-state index in [1.54, 1.807) is 7.11 Å². The molecule has 1 amide bonds. The van der Waals surface area contributed by atoms with E-state index in [2.05, 4.69) is 5.32 Å². The van der Waals surface area contributed by atoms with E-state index in [9.17, 15) is 4.79 Å². The molecule has 1 saturated heterocycles. The van der Waals surface area contributed by atoms with E-state index in [0.29, 0.717) is 6.54 Å². The molecule has 1 aliphatic rings. The summed E-state index contributed by atoms with van der Waals surface area (Å²) >= 11 is 1.89. The minimum atomic E-state index is -0.319. The van der Waals surface area contributed by atoms with Crippen LogP contribution in [0.4, 0.5) is 0 Å². The highest BCUT2D eigenvalue weighted by Crippen LogP contribution is 2.30. The average Bonchev–Trinajstić information content (AvgIpc) is 2.62. The molecule has 0 spiro atoms. The van der Waals surface area contributed by atoms with Crippen molar-refractivity contribution in [3.8, 4) is 0 Å². The van der Waals surface area contributed by atoms with Gasteiger partial charge >= 0.3 is 0 Å². The lowest BCUT2D eigenvalue weighted by atomic mass is 9.95. The molecule has 88 valence electrons. The molecule has 0 unspecified atom stereocenters. The Morgan fingerprint density at radius 2 is 2.20 bits per heavy atom. The van der Waals surface area contributed by atoms with Gasteiger partial charge in [-0.2, -0.15) is 11.8 Å². The molecule has 1 rings (SSSR count). The van der Waals surface area contributed by atoms with Crippen LogP contribution in [0.25, 0.3) is 0 Å². The Balaban J connectivity index is 2.45. The first-order chi connectivity index (χ1) is 6.90. The number of methoxy groups -OCH3 is 1. The van der Waals surface area contributed by atoms with Gasteiger partial charge in [0.2, 0.25) is 5.91 Å². The van der Waals surface area contributed by atoms with Crippen LogP contribution in [0.15, 0.2) is 0 Å². The number of nitrogens with one attached hydrogen (secondary N) is 1. The third kappa shape index (κ3) is 3.38. The lowest BCUT2D eigenvalue weighted by molar-refractivity contribution is -0.129. The number of thioether (sulfide) groups is 1. The van der Waals surface area contributed by atoms with Crippen LogP contribution in [0.5, 0.6) is 0 Å². The molecule has 0 bridgehead atoms. The quantitative estimate of drug-likeness (QED) is 0.803. The molecule has 0 aliphatic carbocycles. The molecular weight excluding hydrogens is 210 g/mol. The summed E-state index contributed by atoms with van der Waals surface area (Å²) in [6.07, 6.45) is 1.03. The Morgan fingerprint density at radius 3 is 2.60 bits per heavy atom. The van der Waals surface area contributed by atoms with Gasteiger partial charge in [-0.05, 0) is 12.2 Å². The van der Waals surface area contributed by atoms with Crippen LogP contribution in [0.3, 0.4) is 0 Å². The smallest absolute Gasteiger partial charge is 0.225 e. The lowest BCUT2D eigenvalue weighted by Gasteiger charge is -2.28. The highest BCUT2D eigenvalue weighted by Gasteiger charge is 2.35. The predicted molar refractivity (Wildman–Crippen MR) is 64.1 cm³/mol. The summed E-state index contributed by atoms with van der Waals surface area (Å²) in [6.45, 7) is 6.40. The van der Waals surface area contributed by atoms with Crippen LogP contribution >= 0.6 is 11.8 Å². The van der Waals surface area contributed by atoms with E-state index in [1.165, 1.54) is 0 Å². The minimum Gasteiger partial charge on any atom is -0.376 e. The normalized spacial score (nSPS) is 26.7. The summed E-state index contributed by atoms with van der Waals surface area (Å²) < 4.78 is 5.53. The number of hydrogen-bond donors (Lipinski definition) is 1. The Bertz CT molecular complexity index is 229. The van der Waals surface area contributed by atoms with Crippen molar-refractivity contribution in [3.05, 3.63) is 0 Å². The van der Waals surface area contributed by atoms with E-state index in [-0.39, 0.29) is 16.9 Å². The monoisotopic (exact) mass is 231 g/mol. The second-order valence-electron chi connectivity index (χ2n) is 5.12. The molecule has 3 nitrogen and oxygen atoms in total.